The van der Waals surface area contributed by atoms with Crippen LogP contribution in [-0.2, 0) is 16.0 Å². The molecular formula is C23H37IN4O4. The molecule has 2 saturated heterocycles. The van der Waals surface area contributed by atoms with Crippen LogP contribution in [0, 0.1) is 0 Å². The largest absolute Gasteiger partial charge is 0.493 e. The average Bonchev–Trinajstić information content (AvgIpc) is 3.34. The van der Waals surface area contributed by atoms with Crippen LogP contribution < -0.4 is 14.8 Å². The first kappa shape index (κ1) is 26.5. The maximum atomic E-state index is 12.5. The predicted octanol–water partition coefficient (Wildman–Crippen LogP) is 2.54. The van der Waals surface area contributed by atoms with Gasteiger partial charge in [0, 0.05) is 46.4 Å². The van der Waals surface area contributed by atoms with Gasteiger partial charge in [0.25, 0.3) is 5.91 Å². The molecular weight excluding hydrogens is 523 g/mol. The summed E-state index contributed by atoms with van der Waals surface area (Å²) in [6.07, 6.45) is 3.52. The highest BCUT2D eigenvalue weighted by Gasteiger charge is 2.30. The number of aryl methyl sites for hydroxylation is 1. The Hall–Kier alpha value is -1.75. The fourth-order valence-corrected chi connectivity index (χ4v) is 4.08. The molecule has 32 heavy (non-hydrogen) atoms. The molecule has 1 N–H and O–H groups in total. The number of piperazine rings is 1. The Morgan fingerprint density at radius 2 is 1.97 bits per heavy atom. The zero-order chi connectivity index (χ0) is 22.1. The summed E-state index contributed by atoms with van der Waals surface area (Å²) < 4.78 is 16.6. The number of benzene rings is 1. The van der Waals surface area contributed by atoms with Gasteiger partial charge in [0.05, 0.1) is 13.7 Å². The number of ether oxygens (including phenoxy) is 3. The topological polar surface area (TPSA) is 75.6 Å². The maximum absolute atomic E-state index is 12.5. The molecule has 0 saturated carbocycles. The predicted molar refractivity (Wildman–Crippen MR) is 136 cm³/mol. The van der Waals surface area contributed by atoms with Crippen molar-refractivity contribution in [2.45, 2.75) is 38.7 Å². The van der Waals surface area contributed by atoms with Gasteiger partial charge >= 0.3 is 0 Å². The second-order valence-corrected chi connectivity index (χ2v) is 7.81. The number of aliphatic imine (C=N–C) groups is 1. The van der Waals surface area contributed by atoms with E-state index in [4.69, 9.17) is 14.2 Å². The molecule has 2 aliphatic rings. The number of methoxy groups -OCH3 is 1. The molecule has 2 fully saturated rings. The van der Waals surface area contributed by atoms with Crippen LogP contribution in [0.1, 0.15) is 31.7 Å². The molecule has 8 nitrogen and oxygen atoms in total. The fourth-order valence-electron chi connectivity index (χ4n) is 4.08. The van der Waals surface area contributed by atoms with E-state index < -0.39 is 0 Å². The second kappa shape index (κ2) is 13.7. The highest BCUT2D eigenvalue weighted by molar-refractivity contribution is 14.0. The minimum atomic E-state index is -0.231. The highest BCUT2D eigenvalue weighted by atomic mass is 127. The second-order valence-electron chi connectivity index (χ2n) is 7.81. The molecule has 0 bridgehead atoms. The van der Waals surface area contributed by atoms with Crippen molar-refractivity contribution in [3.8, 4) is 11.5 Å². The molecule has 0 aliphatic carbocycles. The van der Waals surface area contributed by atoms with Gasteiger partial charge in [0.2, 0.25) is 0 Å². The quantitative estimate of drug-likeness (QED) is 0.228. The van der Waals surface area contributed by atoms with Crippen LogP contribution in [0.4, 0.5) is 0 Å². The Kier molecular flexibility index (Phi) is 11.4. The van der Waals surface area contributed by atoms with Gasteiger partial charge in [-0.15, -0.1) is 24.0 Å². The van der Waals surface area contributed by atoms with Crippen LogP contribution >= 0.6 is 24.0 Å². The van der Waals surface area contributed by atoms with E-state index in [0.717, 1.165) is 62.8 Å². The highest BCUT2D eigenvalue weighted by Crippen LogP contribution is 2.28. The SMILES string of the molecule is CCOc1cc(CCCNC(=NC)N2CCN(C(=O)C3CCCO3)CC2)ccc1OC.I. The van der Waals surface area contributed by atoms with E-state index in [9.17, 15) is 4.79 Å². The van der Waals surface area contributed by atoms with Crippen LogP contribution in [0.25, 0.3) is 0 Å². The first-order valence-electron chi connectivity index (χ1n) is 11.3. The first-order chi connectivity index (χ1) is 15.2. The van der Waals surface area contributed by atoms with E-state index in [1.165, 1.54) is 5.56 Å². The van der Waals surface area contributed by atoms with E-state index in [1.807, 2.05) is 24.9 Å². The number of amides is 1. The number of halogens is 1. The van der Waals surface area contributed by atoms with Crippen molar-refractivity contribution < 1.29 is 19.0 Å². The monoisotopic (exact) mass is 560 g/mol. The van der Waals surface area contributed by atoms with E-state index >= 15 is 0 Å². The Labute approximate surface area is 208 Å². The zero-order valence-electron chi connectivity index (χ0n) is 19.5. The molecule has 1 amide bonds. The third kappa shape index (κ3) is 7.13. The van der Waals surface area contributed by atoms with E-state index in [-0.39, 0.29) is 36.0 Å². The van der Waals surface area contributed by atoms with Crippen LogP contribution in [0.3, 0.4) is 0 Å². The molecule has 3 rings (SSSR count). The molecule has 1 unspecified atom stereocenters. The maximum Gasteiger partial charge on any atom is 0.251 e. The van der Waals surface area contributed by atoms with Crippen molar-refractivity contribution >= 4 is 35.8 Å². The summed E-state index contributed by atoms with van der Waals surface area (Å²) in [7, 11) is 3.47. The normalized spacial score (nSPS) is 18.8. The molecule has 0 radical (unpaired) electrons. The number of guanidine groups is 1. The number of hydrogen-bond acceptors (Lipinski definition) is 5. The summed E-state index contributed by atoms with van der Waals surface area (Å²) in [5, 5.41) is 3.46. The lowest BCUT2D eigenvalue weighted by Gasteiger charge is -2.37. The molecule has 0 spiro atoms. The number of carbonyl (C=O) groups is 1. The minimum absolute atomic E-state index is 0. The smallest absolute Gasteiger partial charge is 0.251 e. The molecule has 2 aliphatic heterocycles. The van der Waals surface area contributed by atoms with Crippen molar-refractivity contribution in [3.63, 3.8) is 0 Å². The van der Waals surface area contributed by atoms with E-state index in [2.05, 4.69) is 27.3 Å². The summed E-state index contributed by atoms with van der Waals surface area (Å²) in [4.78, 5) is 21.1. The van der Waals surface area contributed by atoms with Crippen molar-refractivity contribution in [1.82, 2.24) is 15.1 Å². The van der Waals surface area contributed by atoms with Crippen LogP contribution in [0.2, 0.25) is 0 Å². The Morgan fingerprint density at radius 1 is 1.22 bits per heavy atom. The average molecular weight is 560 g/mol. The van der Waals surface area contributed by atoms with Crippen LogP contribution in [0.15, 0.2) is 23.2 Å². The molecule has 1 aromatic rings. The number of carbonyl (C=O) groups excluding carboxylic acids is 1. The third-order valence-electron chi connectivity index (χ3n) is 5.76. The molecule has 2 heterocycles. The van der Waals surface area contributed by atoms with Gasteiger partial charge in [0.1, 0.15) is 6.10 Å². The first-order valence-corrected chi connectivity index (χ1v) is 11.3. The Bertz CT molecular complexity index is 748. The van der Waals surface area contributed by atoms with Gasteiger partial charge < -0.3 is 29.3 Å². The van der Waals surface area contributed by atoms with Gasteiger partial charge in [-0.05, 0) is 50.3 Å². The minimum Gasteiger partial charge on any atom is -0.493 e. The number of nitrogens with zero attached hydrogens (tertiary/aromatic N) is 3. The number of nitrogens with one attached hydrogen (secondary N) is 1. The molecule has 1 atom stereocenters. The van der Waals surface area contributed by atoms with Crippen molar-refractivity contribution in [1.29, 1.82) is 0 Å². The van der Waals surface area contributed by atoms with Crippen LogP contribution in [-0.4, -0.2) is 87.9 Å². The molecule has 1 aromatic carbocycles. The van der Waals surface area contributed by atoms with E-state index in [1.54, 1.807) is 7.11 Å². The summed E-state index contributed by atoms with van der Waals surface area (Å²) in [5.74, 6) is 2.60. The van der Waals surface area contributed by atoms with Crippen molar-refractivity contribution in [2.75, 3.05) is 60.1 Å². The van der Waals surface area contributed by atoms with Crippen molar-refractivity contribution in [3.05, 3.63) is 23.8 Å². The molecule has 9 heteroatoms. The fraction of sp³-hybridized carbons (Fsp3) is 0.652. The third-order valence-corrected chi connectivity index (χ3v) is 5.76. The summed E-state index contributed by atoms with van der Waals surface area (Å²) in [6.45, 7) is 7.12. The molecule has 180 valence electrons. The summed E-state index contributed by atoms with van der Waals surface area (Å²) in [5.41, 5.74) is 1.22. The molecule has 0 aromatic heterocycles. The van der Waals surface area contributed by atoms with Gasteiger partial charge in [-0.2, -0.15) is 0 Å². The standard InChI is InChI=1S/C23H36N4O4.HI/c1-4-30-21-17-18(9-10-19(21)29-3)7-5-11-25-23(24-2)27-14-12-26(13-15-27)22(28)20-8-6-16-31-20;/h9-10,17,20H,4-8,11-16H2,1-3H3,(H,24,25);1H. The Balaban J connectivity index is 0.00000363. The van der Waals surface area contributed by atoms with Gasteiger partial charge in [-0.1, -0.05) is 6.07 Å². The van der Waals surface area contributed by atoms with Gasteiger partial charge in [-0.25, -0.2) is 0 Å². The lowest BCUT2D eigenvalue weighted by Crippen LogP contribution is -2.55. The zero-order valence-corrected chi connectivity index (χ0v) is 21.8. The van der Waals surface area contributed by atoms with E-state index in [0.29, 0.717) is 26.3 Å². The van der Waals surface area contributed by atoms with Crippen molar-refractivity contribution in [2.24, 2.45) is 4.99 Å². The number of rotatable bonds is 8. The van der Waals surface area contributed by atoms with Gasteiger partial charge in [-0.3, -0.25) is 9.79 Å². The summed E-state index contributed by atoms with van der Waals surface area (Å²) >= 11 is 0. The lowest BCUT2D eigenvalue weighted by atomic mass is 10.1. The lowest BCUT2D eigenvalue weighted by molar-refractivity contribution is -0.142. The Morgan fingerprint density at radius 3 is 2.59 bits per heavy atom. The summed E-state index contributed by atoms with van der Waals surface area (Å²) in [6, 6.07) is 6.10. The van der Waals surface area contributed by atoms with Gasteiger partial charge in [0.15, 0.2) is 17.5 Å². The van der Waals surface area contributed by atoms with Crippen LogP contribution in [0.5, 0.6) is 11.5 Å². The number of hydrogen-bond donors (Lipinski definition) is 1.